The van der Waals surface area contributed by atoms with Crippen LogP contribution >= 0.6 is 0 Å². The Balaban J connectivity index is 1.62. The molecule has 0 aliphatic carbocycles. The monoisotopic (exact) mass is 345 g/mol. The summed E-state index contributed by atoms with van der Waals surface area (Å²) in [6.07, 6.45) is 0. The number of aryl methyl sites for hydroxylation is 1. The maximum absolute atomic E-state index is 13.8. The van der Waals surface area contributed by atoms with Gasteiger partial charge >= 0.3 is 0 Å². The largest absolute Gasteiger partial charge is 0.338 e. The van der Waals surface area contributed by atoms with Crippen molar-refractivity contribution in [2.45, 2.75) is 6.92 Å². The number of H-pyrrole nitrogens is 1. The lowest BCUT2D eigenvalue weighted by molar-refractivity contribution is 0.102. The van der Waals surface area contributed by atoms with Crippen LogP contribution in [0.5, 0.6) is 0 Å². The summed E-state index contributed by atoms with van der Waals surface area (Å²) in [5.74, 6) is -0.245. The Bertz CT molecular complexity index is 1080. The number of nitrogens with zero attached hydrogens (tertiary/aromatic N) is 1. The molecule has 0 spiro atoms. The second-order valence-corrected chi connectivity index (χ2v) is 6.07. The highest BCUT2D eigenvalue weighted by molar-refractivity contribution is 6.05. The second kappa shape index (κ2) is 6.44. The predicted molar refractivity (Wildman–Crippen MR) is 101 cm³/mol. The minimum absolute atomic E-state index is 0.0215. The van der Waals surface area contributed by atoms with Crippen LogP contribution in [0.4, 0.5) is 10.1 Å². The molecule has 0 saturated carbocycles. The molecule has 1 aromatic heterocycles. The summed E-state index contributed by atoms with van der Waals surface area (Å²) in [7, 11) is 0. The number of fused-ring (bicyclic) bond motifs is 1. The van der Waals surface area contributed by atoms with Crippen LogP contribution in [0.25, 0.3) is 22.4 Å². The van der Waals surface area contributed by atoms with E-state index in [1.54, 1.807) is 18.2 Å². The van der Waals surface area contributed by atoms with Gasteiger partial charge in [-0.15, -0.1) is 0 Å². The number of nitrogens with one attached hydrogen (secondary N) is 2. The van der Waals surface area contributed by atoms with Gasteiger partial charge in [0.1, 0.15) is 11.6 Å². The highest BCUT2D eigenvalue weighted by Crippen LogP contribution is 2.25. The first kappa shape index (κ1) is 16.0. The Morgan fingerprint density at radius 2 is 1.81 bits per heavy atom. The highest BCUT2D eigenvalue weighted by Gasteiger charge is 2.13. The lowest BCUT2D eigenvalue weighted by Crippen LogP contribution is -2.14. The van der Waals surface area contributed by atoms with Crippen molar-refractivity contribution in [2.24, 2.45) is 0 Å². The number of hydrogen-bond donors (Lipinski definition) is 2. The molecule has 4 aromatic rings. The third-order valence-corrected chi connectivity index (χ3v) is 4.26. The van der Waals surface area contributed by atoms with E-state index in [9.17, 15) is 9.18 Å². The van der Waals surface area contributed by atoms with Crippen molar-refractivity contribution in [1.82, 2.24) is 9.97 Å². The van der Waals surface area contributed by atoms with Crippen LogP contribution in [-0.4, -0.2) is 15.9 Å². The van der Waals surface area contributed by atoms with Crippen LogP contribution in [0.15, 0.2) is 66.7 Å². The molecule has 0 radical (unpaired) electrons. The van der Waals surface area contributed by atoms with E-state index >= 15 is 0 Å². The predicted octanol–water partition coefficient (Wildman–Crippen LogP) is 4.93. The van der Waals surface area contributed by atoms with Crippen LogP contribution in [0, 0.1) is 12.7 Å². The average molecular weight is 345 g/mol. The van der Waals surface area contributed by atoms with E-state index in [-0.39, 0.29) is 5.56 Å². The van der Waals surface area contributed by atoms with E-state index in [0.717, 1.165) is 28.0 Å². The molecule has 0 unspecified atom stereocenters. The number of anilines is 1. The Morgan fingerprint density at radius 3 is 2.58 bits per heavy atom. The zero-order valence-corrected chi connectivity index (χ0v) is 14.1. The minimum Gasteiger partial charge on any atom is -0.338 e. The van der Waals surface area contributed by atoms with Gasteiger partial charge in [-0.05, 0) is 55.0 Å². The number of carbonyl (C=O) groups excluding carboxylic acids is 1. The Morgan fingerprint density at radius 1 is 1.04 bits per heavy atom. The van der Waals surface area contributed by atoms with Gasteiger partial charge < -0.3 is 10.3 Å². The Labute approximate surface area is 149 Å². The molecule has 26 heavy (non-hydrogen) atoms. The fourth-order valence-corrected chi connectivity index (χ4v) is 2.88. The second-order valence-electron chi connectivity index (χ2n) is 6.07. The number of halogens is 1. The minimum atomic E-state index is -0.540. The number of aromatic amines is 1. The van der Waals surface area contributed by atoms with Gasteiger partial charge in [0.15, 0.2) is 0 Å². The van der Waals surface area contributed by atoms with E-state index in [4.69, 9.17) is 0 Å². The number of hydrogen-bond acceptors (Lipinski definition) is 2. The number of amides is 1. The standard InChI is InChI=1S/C21H16FN3O/c1-13-12-14(20-23-18-8-4-5-9-19(18)24-20)10-11-17(13)25-21(26)15-6-2-3-7-16(15)22/h2-12H,1H3,(H,23,24)(H,25,26). The maximum atomic E-state index is 13.8. The van der Waals surface area contributed by atoms with Crippen LogP contribution in [0.1, 0.15) is 15.9 Å². The number of rotatable bonds is 3. The average Bonchev–Trinajstić information content (AvgIpc) is 3.08. The number of carbonyl (C=O) groups is 1. The normalized spacial score (nSPS) is 10.8. The molecule has 0 aliphatic heterocycles. The molecule has 3 aromatic carbocycles. The number of benzene rings is 3. The van der Waals surface area contributed by atoms with Gasteiger partial charge in [-0.25, -0.2) is 9.37 Å². The van der Waals surface area contributed by atoms with E-state index in [1.807, 2.05) is 43.3 Å². The van der Waals surface area contributed by atoms with Crippen LogP contribution in [0.2, 0.25) is 0 Å². The van der Waals surface area contributed by atoms with Crippen LogP contribution in [0.3, 0.4) is 0 Å². The molecule has 0 saturated heterocycles. The van der Waals surface area contributed by atoms with E-state index in [2.05, 4.69) is 15.3 Å². The topological polar surface area (TPSA) is 57.8 Å². The fraction of sp³-hybridized carbons (Fsp3) is 0.0476. The summed E-state index contributed by atoms with van der Waals surface area (Å²) in [5.41, 5.74) is 4.32. The fourth-order valence-electron chi connectivity index (χ4n) is 2.88. The van der Waals surface area contributed by atoms with Gasteiger partial charge in [0.05, 0.1) is 16.6 Å². The van der Waals surface area contributed by atoms with Crippen molar-refractivity contribution in [2.75, 3.05) is 5.32 Å². The summed E-state index contributed by atoms with van der Waals surface area (Å²) < 4.78 is 13.8. The summed E-state index contributed by atoms with van der Waals surface area (Å²) >= 11 is 0. The Hall–Kier alpha value is -3.47. The molecule has 0 aliphatic rings. The molecule has 0 fully saturated rings. The van der Waals surface area contributed by atoms with E-state index in [0.29, 0.717) is 5.69 Å². The molecule has 1 amide bonds. The number of aromatic nitrogens is 2. The zero-order chi connectivity index (χ0) is 18.1. The first-order chi connectivity index (χ1) is 12.6. The van der Waals surface area contributed by atoms with Crippen LogP contribution < -0.4 is 5.32 Å². The van der Waals surface area contributed by atoms with Crippen molar-refractivity contribution in [3.63, 3.8) is 0 Å². The summed E-state index contributed by atoms with van der Waals surface area (Å²) in [5, 5.41) is 2.76. The molecule has 1 heterocycles. The molecule has 0 bridgehead atoms. The van der Waals surface area contributed by atoms with Crippen LogP contribution in [-0.2, 0) is 0 Å². The molecule has 4 nitrogen and oxygen atoms in total. The highest BCUT2D eigenvalue weighted by atomic mass is 19.1. The first-order valence-corrected chi connectivity index (χ1v) is 8.23. The van der Waals surface area contributed by atoms with Gasteiger partial charge in [-0.1, -0.05) is 24.3 Å². The third-order valence-electron chi connectivity index (χ3n) is 4.26. The third kappa shape index (κ3) is 2.95. The van der Waals surface area contributed by atoms with E-state index < -0.39 is 11.7 Å². The van der Waals surface area contributed by atoms with Gasteiger partial charge in [0.25, 0.3) is 5.91 Å². The summed E-state index contributed by atoms with van der Waals surface area (Å²) in [6.45, 7) is 1.89. The molecule has 5 heteroatoms. The first-order valence-electron chi connectivity index (χ1n) is 8.23. The number of para-hydroxylation sites is 2. The lowest BCUT2D eigenvalue weighted by atomic mass is 10.1. The zero-order valence-electron chi connectivity index (χ0n) is 14.1. The van der Waals surface area contributed by atoms with Gasteiger partial charge in [-0.3, -0.25) is 4.79 Å². The smallest absolute Gasteiger partial charge is 0.258 e. The van der Waals surface area contributed by atoms with Gasteiger partial charge in [0.2, 0.25) is 0 Å². The van der Waals surface area contributed by atoms with Crippen molar-refractivity contribution in [1.29, 1.82) is 0 Å². The molecule has 2 N–H and O–H groups in total. The van der Waals surface area contributed by atoms with E-state index in [1.165, 1.54) is 12.1 Å². The number of imidazole rings is 1. The van der Waals surface area contributed by atoms with Crippen molar-refractivity contribution in [3.05, 3.63) is 83.7 Å². The lowest BCUT2D eigenvalue weighted by Gasteiger charge is -2.10. The van der Waals surface area contributed by atoms with Gasteiger partial charge in [0, 0.05) is 11.3 Å². The van der Waals surface area contributed by atoms with Gasteiger partial charge in [-0.2, -0.15) is 0 Å². The molecule has 4 rings (SSSR count). The summed E-state index contributed by atoms with van der Waals surface area (Å²) in [4.78, 5) is 20.2. The van der Waals surface area contributed by atoms with Crippen molar-refractivity contribution < 1.29 is 9.18 Å². The quantitative estimate of drug-likeness (QED) is 0.553. The Kier molecular flexibility index (Phi) is 3.97. The van der Waals surface area contributed by atoms with Crippen molar-refractivity contribution in [3.8, 4) is 11.4 Å². The maximum Gasteiger partial charge on any atom is 0.258 e. The molecular formula is C21H16FN3O. The summed E-state index contributed by atoms with van der Waals surface area (Å²) in [6, 6.07) is 19.4. The molecule has 0 atom stereocenters. The molecule has 128 valence electrons. The SMILES string of the molecule is Cc1cc(-c2nc3ccccc3[nH]2)ccc1NC(=O)c1ccccc1F. The molecular weight excluding hydrogens is 329 g/mol. The van der Waals surface area contributed by atoms with Crippen molar-refractivity contribution >= 4 is 22.6 Å².